The number of hydrogen-bond donors (Lipinski definition) is 0. The number of rotatable bonds is 18. The lowest BCUT2D eigenvalue weighted by atomic mass is 10.0. The summed E-state index contributed by atoms with van der Waals surface area (Å²) in [4.78, 5) is 30.3. The molecule has 0 saturated heterocycles. The van der Waals surface area contributed by atoms with Gasteiger partial charge in [0.1, 0.15) is 11.9 Å². The maximum atomic E-state index is 13.2. The third-order valence-corrected chi connectivity index (χ3v) is 9.36. The summed E-state index contributed by atoms with van der Waals surface area (Å²) < 4.78 is 72.4. The molecule has 0 unspecified atom stereocenters. The van der Waals surface area contributed by atoms with Gasteiger partial charge in [-0.25, -0.2) is 8.42 Å². The highest BCUT2D eigenvalue weighted by Crippen LogP contribution is 2.38. The molecule has 0 N–H and O–H groups in total. The van der Waals surface area contributed by atoms with E-state index in [9.17, 15) is 26.8 Å². The number of pyridine rings is 1. The first-order valence-electron chi connectivity index (χ1n) is 15.5. The summed E-state index contributed by atoms with van der Waals surface area (Å²) in [5.41, 5.74) is 1.58. The number of carbonyl (C=O) groups is 2. The second-order valence-corrected chi connectivity index (χ2v) is 15.1. The molecule has 5 rings (SSSR count). The van der Waals surface area contributed by atoms with Gasteiger partial charge in [0.2, 0.25) is 0 Å². The Bertz CT molecular complexity index is 1730. The second-order valence-electron chi connectivity index (χ2n) is 12.2. The van der Waals surface area contributed by atoms with Crippen LogP contribution in [0.4, 0.5) is 8.78 Å². The highest BCUT2D eigenvalue weighted by Gasteiger charge is 2.27. The average Bonchev–Trinajstić information content (AvgIpc) is 3.95. The maximum absolute atomic E-state index is 13.2. The van der Waals surface area contributed by atoms with Crippen LogP contribution in [-0.2, 0) is 31.5 Å². The smallest absolute Gasteiger partial charge is 0.387 e. The van der Waals surface area contributed by atoms with Crippen molar-refractivity contribution < 1.29 is 45.7 Å². The predicted octanol–water partition coefficient (Wildman–Crippen LogP) is 7.60. The van der Waals surface area contributed by atoms with Gasteiger partial charge in [0.25, 0.3) is 0 Å². The summed E-state index contributed by atoms with van der Waals surface area (Å²) >= 11 is 12.7. The van der Waals surface area contributed by atoms with Crippen molar-refractivity contribution in [3.05, 3.63) is 81.1 Å². The molecular weight excluding hydrogens is 691 g/mol. The fourth-order valence-electron chi connectivity index (χ4n) is 4.90. The zero-order valence-electron chi connectivity index (χ0n) is 26.1. The van der Waals surface area contributed by atoms with Crippen molar-refractivity contribution in [1.82, 2.24) is 4.98 Å². The van der Waals surface area contributed by atoms with Crippen LogP contribution in [0.3, 0.4) is 0 Å². The number of alkyl halides is 2. The number of carbonyl (C=O) groups excluding carboxylic acids is 2. The average molecular weight is 727 g/mol. The number of hydrogen-bond acceptors (Lipinski definition) is 9. The van der Waals surface area contributed by atoms with Gasteiger partial charge >= 0.3 is 12.6 Å². The summed E-state index contributed by atoms with van der Waals surface area (Å²) in [5.74, 6) is -0.337. The van der Waals surface area contributed by atoms with E-state index in [2.05, 4.69) is 9.72 Å². The van der Waals surface area contributed by atoms with E-state index in [-0.39, 0.29) is 57.9 Å². The normalized spacial score (nSPS) is 15.2. The molecule has 1 heterocycles. The van der Waals surface area contributed by atoms with Crippen LogP contribution in [0.1, 0.15) is 71.7 Å². The van der Waals surface area contributed by atoms with Gasteiger partial charge in [-0.3, -0.25) is 14.6 Å². The Balaban J connectivity index is 1.32. The predicted molar refractivity (Wildman–Crippen MR) is 175 cm³/mol. The lowest BCUT2D eigenvalue weighted by Gasteiger charge is -2.21. The topological polar surface area (TPSA) is 118 Å². The second kappa shape index (κ2) is 15.8. The van der Waals surface area contributed by atoms with E-state index in [1.165, 1.54) is 42.7 Å². The number of halogens is 4. The first-order valence-corrected chi connectivity index (χ1v) is 18.3. The molecule has 2 aliphatic carbocycles. The molecule has 0 radical (unpaired) electrons. The van der Waals surface area contributed by atoms with E-state index in [1.54, 1.807) is 6.07 Å². The zero-order valence-corrected chi connectivity index (χ0v) is 28.5. The molecule has 0 aliphatic heterocycles. The quantitative estimate of drug-likeness (QED) is 0.0965. The van der Waals surface area contributed by atoms with Crippen molar-refractivity contribution in [3.8, 4) is 17.2 Å². The van der Waals surface area contributed by atoms with Crippen LogP contribution in [0.2, 0.25) is 10.0 Å². The minimum absolute atomic E-state index is 0.0144. The molecular formula is C34H35Cl2F2NO8S. The molecule has 2 fully saturated rings. The molecule has 2 aliphatic rings. The Labute approximate surface area is 287 Å². The maximum Gasteiger partial charge on any atom is 0.387 e. The van der Waals surface area contributed by atoms with Crippen LogP contribution in [-0.4, -0.2) is 51.2 Å². The van der Waals surface area contributed by atoms with Crippen molar-refractivity contribution in [2.75, 3.05) is 19.5 Å². The van der Waals surface area contributed by atoms with E-state index >= 15 is 0 Å². The van der Waals surface area contributed by atoms with Crippen LogP contribution in [0.5, 0.6) is 17.2 Å². The summed E-state index contributed by atoms with van der Waals surface area (Å²) in [6, 6.07) is 8.86. The van der Waals surface area contributed by atoms with Gasteiger partial charge < -0.3 is 18.9 Å². The number of benzene rings is 2. The Hall–Kier alpha value is -3.48. The SMILES string of the molecule is CS(=O)(=O)Cc1ccc(C(=O)CCC(=O)O[C@@H](Cc2c(Cl)cncc2Cl)c2ccc(OC(F)F)c(OCC3CC3)c2)cc1OCC1CC1. The van der Waals surface area contributed by atoms with Gasteiger partial charge in [-0.2, -0.15) is 8.78 Å². The minimum atomic E-state index is -3.35. The van der Waals surface area contributed by atoms with Crippen LogP contribution in [0.25, 0.3) is 0 Å². The van der Waals surface area contributed by atoms with Crippen molar-refractivity contribution in [3.63, 3.8) is 0 Å². The third kappa shape index (κ3) is 10.8. The summed E-state index contributed by atoms with van der Waals surface area (Å²) in [6.07, 6.45) is 6.47. The van der Waals surface area contributed by atoms with Crippen LogP contribution < -0.4 is 14.2 Å². The molecule has 258 valence electrons. The highest BCUT2D eigenvalue weighted by atomic mass is 35.5. The van der Waals surface area contributed by atoms with Gasteiger partial charge in [0.05, 0.1) is 35.4 Å². The van der Waals surface area contributed by atoms with E-state index in [0.717, 1.165) is 31.9 Å². The molecule has 1 atom stereocenters. The van der Waals surface area contributed by atoms with E-state index in [0.29, 0.717) is 47.5 Å². The monoisotopic (exact) mass is 725 g/mol. The molecule has 1 aromatic heterocycles. The minimum Gasteiger partial charge on any atom is -0.493 e. The summed E-state index contributed by atoms with van der Waals surface area (Å²) in [7, 11) is -3.35. The highest BCUT2D eigenvalue weighted by molar-refractivity contribution is 7.89. The fraction of sp³-hybridized carbons (Fsp3) is 0.441. The molecule has 0 spiro atoms. The number of ketones is 1. The van der Waals surface area contributed by atoms with Crippen LogP contribution in [0, 0.1) is 11.8 Å². The molecule has 9 nitrogen and oxygen atoms in total. The standard InChI is InChI=1S/C34H35Cl2F2NO8S/c1-48(42,43)19-24-7-6-22(12-30(24)44-17-20-2-3-20)28(40)9-11-33(41)46-31(14-25-26(35)15-39-16-27(25)36)23-8-10-29(47-34(37)38)32(13-23)45-18-21-4-5-21/h6-8,10,12-13,15-16,20-21,31,34H,2-5,9,11,14,17-19H2,1H3/t31-/m0/s1. The lowest BCUT2D eigenvalue weighted by molar-refractivity contribution is -0.149. The number of ether oxygens (including phenoxy) is 4. The molecule has 0 bridgehead atoms. The van der Waals surface area contributed by atoms with Gasteiger partial charge in [-0.1, -0.05) is 41.4 Å². The molecule has 0 amide bonds. The van der Waals surface area contributed by atoms with Crippen molar-refractivity contribution in [2.24, 2.45) is 11.8 Å². The van der Waals surface area contributed by atoms with Gasteiger partial charge in [-0.05, 0) is 66.8 Å². The number of esters is 1. The Kier molecular flexibility index (Phi) is 11.8. The number of sulfone groups is 1. The summed E-state index contributed by atoms with van der Waals surface area (Å²) in [5, 5.41) is 0.473. The van der Waals surface area contributed by atoms with Gasteiger partial charge in [0, 0.05) is 42.6 Å². The zero-order chi connectivity index (χ0) is 34.4. The Morgan fingerprint density at radius 1 is 0.896 bits per heavy atom. The number of aromatic nitrogens is 1. The number of nitrogens with zero attached hydrogens (tertiary/aromatic N) is 1. The van der Waals surface area contributed by atoms with Crippen molar-refractivity contribution in [2.45, 2.75) is 63.4 Å². The molecule has 48 heavy (non-hydrogen) atoms. The first-order chi connectivity index (χ1) is 22.8. The van der Waals surface area contributed by atoms with Crippen molar-refractivity contribution >= 4 is 44.8 Å². The van der Waals surface area contributed by atoms with E-state index < -0.39 is 28.5 Å². The van der Waals surface area contributed by atoms with Crippen LogP contribution in [0.15, 0.2) is 48.8 Å². The fourth-order valence-corrected chi connectivity index (χ4v) is 6.23. The Morgan fingerprint density at radius 3 is 2.15 bits per heavy atom. The molecule has 2 saturated carbocycles. The molecule has 2 aromatic carbocycles. The molecule has 3 aromatic rings. The van der Waals surface area contributed by atoms with Crippen molar-refractivity contribution in [1.29, 1.82) is 0 Å². The third-order valence-electron chi connectivity index (χ3n) is 7.88. The number of Topliss-reactive ketones (excluding diaryl/α,β-unsaturated/α-hetero) is 1. The van der Waals surface area contributed by atoms with Gasteiger partial charge in [0.15, 0.2) is 27.1 Å². The molecule has 14 heteroatoms. The lowest BCUT2D eigenvalue weighted by Crippen LogP contribution is -2.16. The largest absolute Gasteiger partial charge is 0.493 e. The Morgan fingerprint density at radius 2 is 1.54 bits per heavy atom. The van der Waals surface area contributed by atoms with Crippen LogP contribution >= 0.6 is 23.2 Å². The summed E-state index contributed by atoms with van der Waals surface area (Å²) in [6.45, 7) is -2.33. The van der Waals surface area contributed by atoms with E-state index in [1.807, 2.05) is 0 Å². The van der Waals surface area contributed by atoms with E-state index in [4.69, 9.17) is 37.4 Å². The first kappa shape index (κ1) is 35.8. The van der Waals surface area contributed by atoms with Gasteiger partial charge in [-0.15, -0.1) is 0 Å².